The highest BCUT2D eigenvalue weighted by Gasteiger charge is 2.24. The Balaban J connectivity index is 1.78. The van der Waals surface area contributed by atoms with Gasteiger partial charge in [-0.25, -0.2) is 0 Å². The minimum atomic E-state index is 0.241. The van der Waals surface area contributed by atoms with E-state index in [-0.39, 0.29) is 6.10 Å². The fourth-order valence-electron chi connectivity index (χ4n) is 2.96. The molecule has 4 nitrogen and oxygen atoms in total. The van der Waals surface area contributed by atoms with Crippen LogP contribution in [-0.4, -0.2) is 61.1 Å². The maximum Gasteiger partial charge on any atom is 0.236 e. The lowest BCUT2D eigenvalue weighted by molar-refractivity contribution is -0.140. The van der Waals surface area contributed by atoms with Crippen molar-refractivity contribution in [2.24, 2.45) is 0 Å². The zero-order chi connectivity index (χ0) is 13.5. The number of morpholine rings is 1. The van der Waals surface area contributed by atoms with E-state index in [1.54, 1.807) is 0 Å². The third kappa shape index (κ3) is 4.77. The largest absolute Gasteiger partial charge is 0.375 e. The monoisotopic (exact) mass is 268 g/mol. The number of likely N-dealkylation sites (tertiary alicyclic amines) is 1. The minimum absolute atomic E-state index is 0.241. The van der Waals surface area contributed by atoms with Gasteiger partial charge in [-0.1, -0.05) is 26.2 Å². The SMILES string of the molecule is CC[C@@H]1CN(C(=O)CN2CCCCCCC2)CCO1. The summed E-state index contributed by atoms with van der Waals surface area (Å²) in [5, 5.41) is 0. The predicted molar refractivity (Wildman–Crippen MR) is 76.1 cm³/mol. The molecule has 0 N–H and O–H groups in total. The van der Waals surface area contributed by atoms with Crippen LogP contribution in [0, 0.1) is 0 Å². The molecule has 0 aliphatic carbocycles. The summed E-state index contributed by atoms with van der Waals surface area (Å²) in [5.74, 6) is 0.294. The number of nitrogens with zero attached hydrogens (tertiary/aromatic N) is 2. The average Bonchev–Trinajstić information content (AvgIpc) is 2.41. The van der Waals surface area contributed by atoms with Crippen LogP contribution in [0.1, 0.15) is 45.4 Å². The van der Waals surface area contributed by atoms with Crippen LogP contribution in [-0.2, 0) is 9.53 Å². The maximum atomic E-state index is 12.4. The maximum absolute atomic E-state index is 12.4. The molecule has 2 aliphatic heterocycles. The molecule has 0 unspecified atom stereocenters. The molecule has 0 radical (unpaired) electrons. The van der Waals surface area contributed by atoms with Crippen molar-refractivity contribution < 1.29 is 9.53 Å². The Morgan fingerprint density at radius 3 is 2.47 bits per heavy atom. The van der Waals surface area contributed by atoms with Gasteiger partial charge >= 0.3 is 0 Å². The van der Waals surface area contributed by atoms with Gasteiger partial charge in [0.1, 0.15) is 0 Å². The third-order valence-electron chi connectivity index (χ3n) is 4.25. The van der Waals surface area contributed by atoms with E-state index in [2.05, 4.69) is 11.8 Å². The highest BCUT2D eigenvalue weighted by molar-refractivity contribution is 5.78. The lowest BCUT2D eigenvalue weighted by Crippen LogP contribution is -2.49. The lowest BCUT2D eigenvalue weighted by atomic mass is 10.1. The molecule has 1 amide bonds. The topological polar surface area (TPSA) is 32.8 Å². The second kappa shape index (κ2) is 7.85. The van der Waals surface area contributed by atoms with Gasteiger partial charge in [0.05, 0.1) is 19.3 Å². The van der Waals surface area contributed by atoms with E-state index in [4.69, 9.17) is 4.74 Å². The van der Waals surface area contributed by atoms with Crippen LogP contribution in [0.25, 0.3) is 0 Å². The molecule has 4 heteroatoms. The molecule has 2 heterocycles. The first-order valence-corrected chi connectivity index (χ1v) is 7.91. The Labute approximate surface area is 117 Å². The first-order chi connectivity index (χ1) is 9.29. The summed E-state index contributed by atoms with van der Waals surface area (Å²) >= 11 is 0. The number of ether oxygens (including phenoxy) is 1. The van der Waals surface area contributed by atoms with Crippen molar-refractivity contribution in [1.82, 2.24) is 9.80 Å². The minimum Gasteiger partial charge on any atom is -0.375 e. The Morgan fingerprint density at radius 1 is 1.11 bits per heavy atom. The Kier molecular flexibility index (Phi) is 6.11. The number of hydrogen-bond acceptors (Lipinski definition) is 3. The van der Waals surface area contributed by atoms with Crippen molar-refractivity contribution in [1.29, 1.82) is 0 Å². The molecular weight excluding hydrogens is 240 g/mol. The fraction of sp³-hybridized carbons (Fsp3) is 0.933. The molecule has 0 bridgehead atoms. The highest BCUT2D eigenvalue weighted by Crippen LogP contribution is 2.12. The predicted octanol–water partition coefficient (Wildman–Crippen LogP) is 1.89. The van der Waals surface area contributed by atoms with Gasteiger partial charge in [-0.05, 0) is 32.4 Å². The summed E-state index contributed by atoms with van der Waals surface area (Å²) in [6.07, 6.45) is 7.73. The van der Waals surface area contributed by atoms with Crippen LogP contribution < -0.4 is 0 Å². The Morgan fingerprint density at radius 2 is 1.79 bits per heavy atom. The van der Waals surface area contributed by atoms with Crippen LogP contribution in [0.2, 0.25) is 0 Å². The summed E-state index contributed by atoms with van der Waals surface area (Å²) < 4.78 is 5.63. The van der Waals surface area contributed by atoms with E-state index < -0.39 is 0 Å². The molecule has 2 rings (SSSR count). The molecule has 0 spiro atoms. The fourth-order valence-corrected chi connectivity index (χ4v) is 2.96. The van der Waals surface area contributed by atoms with Gasteiger partial charge in [0.2, 0.25) is 5.91 Å². The number of carbonyl (C=O) groups is 1. The zero-order valence-electron chi connectivity index (χ0n) is 12.3. The third-order valence-corrected chi connectivity index (χ3v) is 4.25. The van der Waals surface area contributed by atoms with Crippen LogP contribution in [0.3, 0.4) is 0 Å². The first kappa shape index (κ1) is 14.8. The lowest BCUT2D eigenvalue weighted by Gasteiger charge is -2.34. The van der Waals surface area contributed by atoms with E-state index in [1.807, 2.05) is 4.90 Å². The normalized spacial score (nSPS) is 26.8. The van der Waals surface area contributed by atoms with Crippen LogP contribution in [0.15, 0.2) is 0 Å². The van der Waals surface area contributed by atoms with Gasteiger partial charge in [0.25, 0.3) is 0 Å². The van der Waals surface area contributed by atoms with Crippen molar-refractivity contribution in [2.75, 3.05) is 39.3 Å². The molecule has 1 atom stereocenters. The van der Waals surface area contributed by atoms with Gasteiger partial charge in [0, 0.05) is 13.1 Å². The van der Waals surface area contributed by atoms with Crippen LogP contribution in [0.5, 0.6) is 0 Å². The van der Waals surface area contributed by atoms with Gasteiger partial charge < -0.3 is 9.64 Å². The summed E-state index contributed by atoms with van der Waals surface area (Å²) in [6.45, 7) is 7.16. The van der Waals surface area contributed by atoms with Gasteiger partial charge in [-0.3, -0.25) is 9.69 Å². The second-order valence-corrected chi connectivity index (χ2v) is 5.78. The molecule has 0 aromatic carbocycles. The number of amides is 1. The molecule has 0 saturated carbocycles. The molecule has 2 aliphatic rings. The molecule has 19 heavy (non-hydrogen) atoms. The van der Waals surface area contributed by atoms with Crippen LogP contribution in [0.4, 0.5) is 0 Å². The van der Waals surface area contributed by atoms with Gasteiger partial charge in [0.15, 0.2) is 0 Å². The van der Waals surface area contributed by atoms with Crippen molar-refractivity contribution in [3.05, 3.63) is 0 Å². The van der Waals surface area contributed by atoms with Crippen molar-refractivity contribution in [3.8, 4) is 0 Å². The Bertz CT molecular complexity index is 275. The molecule has 2 saturated heterocycles. The average molecular weight is 268 g/mol. The van der Waals surface area contributed by atoms with Crippen molar-refractivity contribution in [2.45, 2.75) is 51.6 Å². The quantitative estimate of drug-likeness (QED) is 0.783. The van der Waals surface area contributed by atoms with E-state index in [9.17, 15) is 4.79 Å². The molecular formula is C15H28N2O2. The Hall–Kier alpha value is -0.610. The molecule has 110 valence electrons. The molecule has 0 aromatic rings. The van der Waals surface area contributed by atoms with Crippen molar-refractivity contribution in [3.63, 3.8) is 0 Å². The summed E-state index contributed by atoms with van der Waals surface area (Å²) in [7, 11) is 0. The van der Waals surface area contributed by atoms with Gasteiger partial charge in [-0.2, -0.15) is 0 Å². The number of hydrogen-bond donors (Lipinski definition) is 0. The zero-order valence-corrected chi connectivity index (χ0v) is 12.3. The molecule has 0 aromatic heterocycles. The highest BCUT2D eigenvalue weighted by atomic mass is 16.5. The first-order valence-electron chi connectivity index (χ1n) is 7.91. The van der Waals surface area contributed by atoms with E-state index in [1.165, 1.54) is 32.1 Å². The summed E-state index contributed by atoms with van der Waals surface area (Å²) in [5.41, 5.74) is 0. The molecule has 2 fully saturated rings. The number of rotatable bonds is 3. The van der Waals surface area contributed by atoms with Crippen molar-refractivity contribution >= 4 is 5.91 Å². The van der Waals surface area contributed by atoms with Crippen LogP contribution >= 0.6 is 0 Å². The second-order valence-electron chi connectivity index (χ2n) is 5.78. The standard InChI is InChI=1S/C15H28N2O2/c1-2-14-12-17(10-11-19-14)15(18)13-16-8-6-4-3-5-7-9-16/h14H,2-13H2,1H3/t14-/m1/s1. The smallest absolute Gasteiger partial charge is 0.236 e. The van der Waals surface area contributed by atoms with E-state index >= 15 is 0 Å². The summed E-state index contributed by atoms with van der Waals surface area (Å²) in [6, 6.07) is 0. The van der Waals surface area contributed by atoms with Gasteiger partial charge in [-0.15, -0.1) is 0 Å². The number of carbonyl (C=O) groups excluding carboxylic acids is 1. The van der Waals surface area contributed by atoms with E-state index in [0.29, 0.717) is 19.1 Å². The summed E-state index contributed by atoms with van der Waals surface area (Å²) in [4.78, 5) is 16.7. The van der Waals surface area contributed by atoms with E-state index in [0.717, 1.165) is 32.6 Å².